The molecule has 0 saturated carbocycles. The van der Waals surface area contributed by atoms with Gasteiger partial charge in [0.15, 0.2) is 5.82 Å². The number of halogens is 1. The van der Waals surface area contributed by atoms with Crippen LogP contribution in [0.3, 0.4) is 0 Å². The highest BCUT2D eigenvalue weighted by molar-refractivity contribution is 5.64. The van der Waals surface area contributed by atoms with Gasteiger partial charge in [0.1, 0.15) is 0 Å². The zero-order chi connectivity index (χ0) is 8.43. The Balaban J connectivity index is 3.25. The van der Waals surface area contributed by atoms with Gasteiger partial charge in [0.25, 0.3) is 0 Å². The summed E-state index contributed by atoms with van der Waals surface area (Å²) in [5.41, 5.74) is 11.7. The fourth-order valence-electron chi connectivity index (χ4n) is 0.926. The number of nitrogen functional groups attached to an aromatic ring is 2. The maximum Gasteiger partial charge on any atom is 0.151 e. The minimum Gasteiger partial charge on any atom is -0.397 e. The van der Waals surface area contributed by atoms with Crippen LogP contribution in [-0.2, 0) is 6.42 Å². The van der Waals surface area contributed by atoms with Gasteiger partial charge in [-0.2, -0.15) is 0 Å². The summed E-state index contributed by atoms with van der Waals surface area (Å²) in [7, 11) is 0. The van der Waals surface area contributed by atoms with Gasteiger partial charge in [-0.05, 0) is 18.1 Å². The molecule has 0 aliphatic carbocycles. The van der Waals surface area contributed by atoms with E-state index in [2.05, 4.69) is 0 Å². The summed E-state index contributed by atoms with van der Waals surface area (Å²) in [6, 6.07) is 3.28. The molecule has 1 aromatic rings. The zero-order valence-corrected chi connectivity index (χ0v) is 6.39. The molecule has 1 rings (SSSR count). The van der Waals surface area contributed by atoms with E-state index in [-0.39, 0.29) is 11.5 Å². The maximum absolute atomic E-state index is 13.1. The number of hydrogen-bond acceptors (Lipinski definition) is 2. The number of aryl methyl sites for hydroxylation is 1. The van der Waals surface area contributed by atoms with E-state index in [1.165, 1.54) is 0 Å². The van der Waals surface area contributed by atoms with Crippen LogP contribution >= 0.6 is 0 Å². The van der Waals surface area contributed by atoms with E-state index < -0.39 is 0 Å². The van der Waals surface area contributed by atoms with Crippen LogP contribution in [0.4, 0.5) is 15.8 Å². The van der Waals surface area contributed by atoms with Crippen LogP contribution in [-0.4, -0.2) is 0 Å². The first-order valence-electron chi connectivity index (χ1n) is 3.49. The Morgan fingerprint density at radius 2 is 2.00 bits per heavy atom. The summed E-state index contributed by atoms with van der Waals surface area (Å²) >= 11 is 0. The number of anilines is 2. The topological polar surface area (TPSA) is 52.0 Å². The zero-order valence-electron chi connectivity index (χ0n) is 6.39. The molecule has 60 valence electrons. The van der Waals surface area contributed by atoms with Crippen LogP contribution in [0.2, 0.25) is 0 Å². The number of rotatable bonds is 1. The summed E-state index contributed by atoms with van der Waals surface area (Å²) in [4.78, 5) is 0. The lowest BCUT2D eigenvalue weighted by Crippen LogP contribution is -2.00. The largest absolute Gasteiger partial charge is 0.397 e. The number of hydrogen-bond donors (Lipinski definition) is 2. The fraction of sp³-hybridized carbons (Fsp3) is 0.250. The van der Waals surface area contributed by atoms with Crippen molar-refractivity contribution in [3.8, 4) is 0 Å². The van der Waals surface area contributed by atoms with Crippen molar-refractivity contribution in [2.45, 2.75) is 13.3 Å². The Morgan fingerprint density at radius 3 is 2.55 bits per heavy atom. The standard InChI is InChI=1S/C8H11FN2/c1-2-5-3-4-6(10)8(11)7(5)9/h3-4H,2,10-11H2,1H3. The molecule has 0 aliphatic rings. The molecule has 0 bridgehead atoms. The smallest absolute Gasteiger partial charge is 0.151 e. The Kier molecular flexibility index (Phi) is 1.98. The van der Waals surface area contributed by atoms with E-state index >= 15 is 0 Å². The van der Waals surface area contributed by atoms with Crippen molar-refractivity contribution in [2.24, 2.45) is 0 Å². The maximum atomic E-state index is 13.1. The predicted molar refractivity (Wildman–Crippen MR) is 44.6 cm³/mol. The second-order valence-electron chi connectivity index (χ2n) is 2.40. The molecule has 0 fully saturated rings. The first-order valence-corrected chi connectivity index (χ1v) is 3.49. The van der Waals surface area contributed by atoms with Crippen LogP contribution < -0.4 is 11.5 Å². The highest BCUT2D eigenvalue weighted by atomic mass is 19.1. The van der Waals surface area contributed by atoms with E-state index in [1.54, 1.807) is 12.1 Å². The summed E-state index contributed by atoms with van der Waals surface area (Å²) < 4.78 is 13.1. The predicted octanol–water partition coefficient (Wildman–Crippen LogP) is 1.55. The van der Waals surface area contributed by atoms with Gasteiger partial charge in [0.05, 0.1) is 11.4 Å². The highest BCUT2D eigenvalue weighted by Gasteiger charge is 2.05. The molecule has 0 unspecified atom stereocenters. The van der Waals surface area contributed by atoms with Crippen molar-refractivity contribution < 1.29 is 4.39 Å². The average molecular weight is 154 g/mol. The van der Waals surface area contributed by atoms with E-state index in [1.807, 2.05) is 6.92 Å². The van der Waals surface area contributed by atoms with E-state index in [4.69, 9.17) is 11.5 Å². The third kappa shape index (κ3) is 1.27. The minimum absolute atomic E-state index is 0.0596. The molecule has 0 atom stereocenters. The Bertz CT molecular complexity index is 271. The van der Waals surface area contributed by atoms with Gasteiger partial charge in [-0.1, -0.05) is 13.0 Å². The summed E-state index contributed by atoms with van der Waals surface area (Å²) in [6.07, 6.45) is 0.635. The quantitative estimate of drug-likeness (QED) is 0.603. The van der Waals surface area contributed by atoms with Gasteiger partial charge >= 0.3 is 0 Å². The molecule has 3 heteroatoms. The third-order valence-electron chi connectivity index (χ3n) is 1.67. The Morgan fingerprint density at radius 1 is 1.36 bits per heavy atom. The molecule has 1 aromatic carbocycles. The molecule has 0 aliphatic heterocycles. The van der Waals surface area contributed by atoms with Crippen molar-refractivity contribution in [2.75, 3.05) is 11.5 Å². The van der Waals surface area contributed by atoms with Gasteiger partial charge in [0.2, 0.25) is 0 Å². The average Bonchev–Trinajstić information content (AvgIpc) is 2.01. The molecule has 0 spiro atoms. The van der Waals surface area contributed by atoms with Crippen LogP contribution in [0.25, 0.3) is 0 Å². The lowest BCUT2D eigenvalue weighted by molar-refractivity contribution is 0.617. The van der Waals surface area contributed by atoms with Gasteiger partial charge in [0, 0.05) is 0 Å². The Labute approximate surface area is 65.0 Å². The molecular weight excluding hydrogens is 143 g/mol. The van der Waals surface area contributed by atoms with Crippen LogP contribution in [0.5, 0.6) is 0 Å². The molecule has 11 heavy (non-hydrogen) atoms. The van der Waals surface area contributed by atoms with Crippen molar-refractivity contribution in [1.29, 1.82) is 0 Å². The van der Waals surface area contributed by atoms with E-state index in [0.717, 1.165) is 0 Å². The van der Waals surface area contributed by atoms with Crippen LogP contribution in [0.15, 0.2) is 12.1 Å². The molecule has 2 nitrogen and oxygen atoms in total. The first-order chi connectivity index (χ1) is 5.16. The monoisotopic (exact) mass is 154 g/mol. The lowest BCUT2D eigenvalue weighted by Gasteiger charge is -2.04. The molecule has 4 N–H and O–H groups in total. The first kappa shape index (κ1) is 7.85. The summed E-state index contributed by atoms with van der Waals surface area (Å²) in [5.74, 6) is -0.382. The summed E-state index contributed by atoms with van der Waals surface area (Å²) in [6.45, 7) is 1.87. The van der Waals surface area contributed by atoms with Crippen molar-refractivity contribution in [3.63, 3.8) is 0 Å². The normalized spacial score (nSPS) is 10.0. The third-order valence-corrected chi connectivity index (χ3v) is 1.67. The van der Waals surface area contributed by atoms with Crippen LogP contribution in [0, 0.1) is 5.82 Å². The SMILES string of the molecule is CCc1ccc(N)c(N)c1F. The molecular formula is C8H11FN2. The second kappa shape index (κ2) is 2.78. The molecule has 0 saturated heterocycles. The number of benzene rings is 1. The highest BCUT2D eigenvalue weighted by Crippen LogP contribution is 2.21. The van der Waals surface area contributed by atoms with Gasteiger partial charge in [-0.25, -0.2) is 4.39 Å². The van der Waals surface area contributed by atoms with Gasteiger partial charge < -0.3 is 11.5 Å². The molecule has 0 aromatic heterocycles. The minimum atomic E-state index is -0.382. The second-order valence-corrected chi connectivity index (χ2v) is 2.40. The molecule has 0 heterocycles. The van der Waals surface area contributed by atoms with Crippen LogP contribution in [0.1, 0.15) is 12.5 Å². The summed E-state index contributed by atoms with van der Waals surface area (Å²) in [5, 5.41) is 0. The van der Waals surface area contributed by atoms with Crippen molar-refractivity contribution >= 4 is 11.4 Å². The van der Waals surface area contributed by atoms with Crippen molar-refractivity contribution in [1.82, 2.24) is 0 Å². The van der Waals surface area contributed by atoms with E-state index in [0.29, 0.717) is 17.7 Å². The van der Waals surface area contributed by atoms with E-state index in [9.17, 15) is 4.39 Å². The fourth-order valence-corrected chi connectivity index (χ4v) is 0.926. The number of nitrogens with two attached hydrogens (primary N) is 2. The van der Waals surface area contributed by atoms with Gasteiger partial charge in [-0.3, -0.25) is 0 Å². The Hall–Kier alpha value is -1.25. The molecule has 0 amide bonds. The van der Waals surface area contributed by atoms with Gasteiger partial charge in [-0.15, -0.1) is 0 Å². The molecule has 0 radical (unpaired) electrons. The van der Waals surface area contributed by atoms with Crippen molar-refractivity contribution in [3.05, 3.63) is 23.5 Å². The lowest BCUT2D eigenvalue weighted by atomic mass is 10.1.